The van der Waals surface area contributed by atoms with E-state index in [4.69, 9.17) is 4.74 Å². The Balaban J connectivity index is 4.15. The van der Waals surface area contributed by atoms with E-state index in [9.17, 15) is 0 Å². The van der Waals surface area contributed by atoms with Crippen molar-refractivity contribution >= 4 is 0 Å². The smallest absolute Gasteiger partial charge is 0.0727 e. The zero-order valence-electron chi connectivity index (χ0n) is 11.7. The maximum atomic E-state index is 5.88. The molecule has 0 amide bonds. The highest BCUT2D eigenvalue weighted by Gasteiger charge is 2.19. The molecule has 0 spiro atoms. The minimum atomic E-state index is 0.410. The Labute approximate surface area is 102 Å². The summed E-state index contributed by atoms with van der Waals surface area (Å²) >= 11 is 0. The van der Waals surface area contributed by atoms with E-state index < -0.39 is 0 Å². The molecule has 0 radical (unpaired) electrons. The van der Waals surface area contributed by atoms with E-state index in [1.807, 2.05) is 0 Å². The average molecular weight is 229 g/mol. The van der Waals surface area contributed by atoms with Crippen molar-refractivity contribution in [1.29, 1.82) is 0 Å². The fourth-order valence-electron chi connectivity index (χ4n) is 2.07. The number of ether oxygens (including phenoxy) is 1. The molecule has 0 aromatic rings. The van der Waals surface area contributed by atoms with Crippen molar-refractivity contribution in [3.63, 3.8) is 0 Å². The molecule has 2 heteroatoms. The van der Waals surface area contributed by atoms with Gasteiger partial charge in [-0.2, -0.15) is 0 Å². The predicted molar refractivity (Wildman–Crippen MR) is 71.9 cm³/mol. The summed E-state index contributed by atoms with van der Waals surface area (Å²) in [6.07, 6.45) is 7.83. The summed E-state index contributed by atoms with van der Waals surface area (Å²) in [6, 6.07) is 0.555. The van der Waals surface area contributed by atoms with Gasteiger partial charge >= 0.3 is 0 Å². The monoisotopic (exact) mass is 229 g/mol. The molecule has 0 aliphatic rings. The summed E-state index contributed by atoms with van der Waals surface area (Å²) in [5, 5.41) is 3.65. The topological polar surface area (TPSA) is 21.3 Å². The van der Waals surface area contributed by atoms with Gasteiger partial charge < -0.3 is 10.1 Å². The van der Waals surface area contributed by atoms with Gasteiger partial charge in [-0.15, -0.1) is 0 Å². The van der Waals surface area contributed by atoms with Crippen LogP contribution in [0.5, 0.6) is 0 Å². The fourth-order valence-corrected chi connectivity index (χ4v) is 2.07. The van der Waals surface area contributed by atoms with E-state index in [0.717, 1.165) is 13.2 Å². The molecule has 16 heavy (non-hydrogen) atoms. The Morgan fingerprint density at radius 1 is 0.938 bits per heavy atom. The normalized spacial score (nSPS) is 15.0. The van der Waals surface area contributed by atoms with Crippen LogP contribution < -0.4 is 5.32 Å². The lowest BCUT2D eigenvalue weighted by Gasteiger charge is -2.28. The number of rotatable bonds is 11. The first-order chi connectivity index (χ1) is 7.79. The molecular formula is C14H31NO. The van der Waals surface area contributed by atoms with Gasteiger partial charge in [0.25, 0.3) is 0 Å². The van der Waals surface area contributed by atoms with Crippen molar-refractivity contribution in [1.82, 2.24) is 5.32 Å². The molecule has 0 saturated heterocycles. The van der Waals surface area contributed by atoms with Gasteiger partial charge in [-0.25, -0.2) is 0 Å². The lowest BCUT2D eigenvalue weighted by Crippen LogP contribution is -2.41. The summed E-state index contributed by atoms with van der Waals surface area (Å²) in [4.78, 5) is 0. The minimum absolute atomic E-state index is 0.410. The third-order valence-electron chi connectivity index (χ3n) is 2.93. The summed E-state index contributed by atoms with van der Waals surface area (Å²) < 4.78 is 5.88. The summed E-state index contributed by atoms with van der Waals surface area (Å²) in [6.45, 7) is 10.8. The maximum absolute atomic E-state index is 5.88. The van der Waals surface area contributed by atoms with Crippen molar-refractivity contribution in [2.75, 3.05) is 13.2 Å². The molecule has 2 atom stereocenters. The van der Waals surface area contributed by atoms with Crippen LogP contribution in [-0.2, 0) is 4.74 Å². The molecule has 0 aliphatic heterocycles. The quantitative estimate of drug-likeness (QED) is 0.582. The zero-order chi connectivity index (χ0) is 12.2. The van der Waals surface area contributed by atoms with Gasteiger partial charge in [0.15, 0.2) is 0 Å². The molecule has 2 unspecified atom stereocenters. The van der Waals surface area contributed by atoms with Crippen LogP contribution >= 0.6 is 0 Å². The highest BCUT2D eigenvalue weighted by Crippen LogP contribution is 2.13. The molecule has 0 aromatic heterocycles. The Bertz CT molecular complexity index is 125. The molecule has 0 rings (SSSR count). The lowest BCUT2D eigenvalue weighted by molar-refractivity contribution is 0.0254. The van der Waals surface area contributed by atoms with Crippen LogP contribution in [0.4, 0.5) is 0 Å². The van der Waals surface area contributed by atoms with Crippen LogP contribution in [0.1, 0.15) is 66.2 Å². The second-order valence-electron chi connectivity index (χ2n) is 4.49. The third kappa shape index (κ3) is 7.24. The van der Waals surface area contributed by atoms with Crippen LogP contribution in [-0.4, -0.2) is 25.3 Å². The van der Waals surface area contributed by atoms with Crippen molar-refractivity contribution in [2.24, 2.45) is 0 Å². The molecule has 1 N–H and O–H groups in total. The summed E-state index contributed by atoms with van der Waals surface area (Å²) in [5.41, 5.74) is 0. The van der Waals surface area contributed by atoms with Crippen LogP contribution in [0, 0.1) is 0 Å². The first kappa shape index (κ1) is 15.9. The van der Waals surface area contributed by atoms with E-state index in [0.29, 0.717) is 12.1 Å². The second kappa shape index (κ2) is 11.4. The largest absolute Gasteiger partial charge is 0.377 e. The number of hydrogen-bond donors (Lipinski definition) is 1. The summed E-state index contributed by atoms with van der Waals surface area (Å²) in [7, 11) is 0. The molecule has 0 bridgehead atoms. The zero-order valence-corrected chi connectivity index (χ0v) is 11.7. The number of unbranched alkanes of at least 4 members (excludes halogenated alkanes) is 1. The van der Waals surface area contributed by atoms with Crippen molar-refractivity contribution in [2.45, 2.75) is 78.4 Å². The van der Waals surface area contributed by atoms with Crippen molar-refractivity contribution < 1.29 is 4.74 Å². The average Bonchev–Trinajstić information content (AvgIpc) is 2.29. The van der Waals surface area contributed by atoms with E-state index in [2.05, 4.69) is 33.0 Å². The van der Waals surface area contributed by atoms with Crippen LogP contribution in [0.3, 0.4) is 0 Å². The molecule has 98 valence electrons. The van der Waals surface area contributed by atoms with Gasteiger partial charge in [0.05, 0.1) is 6.10 Å². The van der Waals surface area contributed by atoms with E-state index in [-0.39, 0.29) is 0 Å². The first-order valence-electron chi connectivity index (χ1n) is 7.14. The molecular weight excluding hydrogens is 198 g/mol. The summed E-state index contributed by atoms with van der Waals surface area (Å²) in [5.74, 6) is 0. The molecule has 0 heterocycles. The van der Waals surface area contributed by atoms with Crippen LogP contribution in [0.2, 0.25) is 0 Å². The van der Waals surface area contributed by atoms with Gasteiger partial charge in [0.1, 0.15) is 0 Å². The Morgan fingerprint density at radius 2 is 1.69 bits per heavy atom. The van der Waals surface area contributed by atoms with E-state index >= 15 is 0 Å². The van der Waals surface area contributed by atoms with Gasteiger partial charge in [-0.05, 0) is 32.7 Å². The maximum Gasteiger partial charge on any atom is 0.0727 e. The van der Waals surface area contributed by atoms with Crippen molar-refractivity contribution in [3.05, 3.63) is 0 Å². The number of nitrogens with one attached hydrogen (secondary N) is 1. The lowest BCUT2D eigenvalue weighted by atomic mass is 10.00. The van der Waals surface area contributed by atoms with Crippen LogP contribution in [0.25, 0.3) is 0 Å². The molecule has 0 aromatic carbocycles. The predicted octanol–water partition coefficient (Wildman–Crippen LogP) is 3.75. The highest BCUT2D eigenvalue weighted by atomic mass is 16.5. The third-order valence-corrected chi connectivity index (χ3v) is 2.93. The van der Waals surface area contributed by atoms with Crippen molar-refractivity contribution in [3.8, 4) is 0 Å². The Kier molecular flexibility index (Phi) is 11.3. The molecule has 2 nitrogen and oxygen atoms in total. The van der Waals surface area contributed by atoms with Gasteiger partial charge in [-0.1, -0.05) is 40.0 Å². The molecule has 0 saturated carbocycles. The van der Waals surface area contributed by atoms with Gasteiger partial charge in [0.2, 0.25) is 0 Å². The molecule has 0 aliphatic carbocycles. The second-order valence-corrected chi connectivity index (χ2v) is 4.49. The molecule has 0 fully saturated rings. The Hall–Kier alpha value is -0.0800. The highest BCUT2D eigenvalue weighted by molar-refractivity contribution is 4.77. The SMILES string of the molecule is CCCCC(NCCC)C(CCC)OCC. The number of hydrogen-bond acceptors (Lipinski definition) is 2. The van der Waals surface area contributed by atoms with E-state index in [1.165, 1.54) is 38.5 Å². The van der Waals surface area contributed by atoms with E-state index in [1.54, 1.807) is 0 Å². The Morgan fingerprint density at radius 3 is 2.19 bits per heavy atom. The van der Waals surface area contributed by atoms with Gasteiger partial charge in [-0.3, -0.25) is 0 Å². The first-order valence-corrected chi connectivity index (χ1v) is 7.14. The minimum Gasteiger partial charge on any atom is -0.377 e. The van der Waals surface area contributed by atoms with Crippen LogP contribution in [0.15, 0.2) is 0 Å². The fraction of sp³-hybridized carbons (Fsp3) is 1.00. The standard InChI is InChI=1S/C14H31NO/c1-5-9-11-13(15-12-7-3)14(10-6-2)16-8-4/h13-15H,5-12H2,1-4H3. The van der Waals surface area contributed by atoms with Gasteiger partial charge in [0, 0.05) is 12.6 Å².